The van der Waals surface area contributed by atoms with Gasteiger partial charge in [-0.25, -0.2) is 4.39 Å². The van der Waals surface area contributed by atoms with Crippen LogP contribution in [0.15, 0.2) is 42.5 Å². The Morgan fingerprint density at radius 1 is 1.21 bits per heavy atom. The zero-order valence-corrected chi connectivity index (χ0v) is 16.1. The summed E-state index contributed by atoms with van der Waals surface area (Å²) in [4.78, 5) is 15.0. The zero-order chi connectivity index (χ0) is 19.5. The number of ether oxygens (including phenoxy) is 2. The molecule has 5 nitrogen and oxygen atoms in total. The molecule has 7 heteroatoms. The first-order valence-corrected chi connectivity index (χ1v) is 9.78. The van der Waals surface area contributed by atoms with E-state index >= 15 is 0 Å². The van der Waals surface area contributed by atoms with Crippen molar-refractivity contribution >= 4 is 17.5 Å². The van der Waals surface area contributed by atoms with Gasteiger partial charge in [-0.15, -0.1) is 0 Å². The summed E-state index contributed by atoms with van der Waals surface area (Å²) in [6, 6.07) is 11.8. The lowest BCUT2D eigenvalue weighted by Crippen LogP contribution is -2.46. The Hall–Kier alpha value is -2.15. The van der Waals surface area contributed by atoms with Crippen LogP contribution in [0.5, 0.6) is 5.75 Å². The van der Waals surface area contributed by atoms with Gasteiger partial charge in [-0.3, -0.25) is 9.69 Å². The minimum absolute atomic E-state index is 0.0494. The third-order valence-corrected chi connectivity index (χ3v) is 5.44. The van der Waals surface area contributed by atoms with E-state index in [-0.39, 0.29) is 17.8 Å². The molecule has 2 aliphatic heterocycles. The molecular formula is C21H22ClFN2O3. The summed E-state index contributed by atoms with van der Waals surface area (Å²) in [5.74, 6) is 0.268. The molecule has 0 aromatic heterocycles. The van der Waals surface area contributed by atoms with Crippen LogP contribution in [0.4, 0.5) is 4.39 Å². The Balaban J connectivity index is 1.42. The minimum Gasteiger partial charge on any atom is -0.480 e. The van der Waals surface area contributed by atoms with Gasteiger partial charge in [0.05, 0.1) is 19.3 Å². The lowest BCUT2D eigenvalue weighted by atomic mass is 10.0. The van der Waals surface area contributed by atoms with Crippen LogP contribution in [-0.2, 0) is 16.0 Å². The number of halogens is 2. The van der Waals surface area contributed by atoms with E-state index in [0.717, 1.165) is 24.2 Å². The Labute approximate surface area is 168 Å². The van der Waals surface area contributed by atoms with Gasteiger partial charge in [-0.1, -0.05) is 23.7 Å². The summed E-state index contributed by atoms with van der Waals surface area (Å²) >= 11 is 6.02. The first kappa shape index (κ1) is 19.2. The number of rotatable bonds is 5. The number of carbonyl (C=O) groups excluding carboxylic acids is 1. The number of carbonyl (C=O) groups is 1. The number of hydrogen-bond donors (Lipinski definition) is 1. The van der Waals surface area contributed by atoms with Crippen molar-refractivity contribution in [3.63, 3.8) is 0 Å². The van der Waals surface area contributed by atoms with Crippen molar-refractivity contribution < 1.29 is 18.7 Å². The molecule has 0 aliphatic carbocycles. The molecule has 1 fully saturated rings. The van der Waals surface area contributed by atoms with Crippen LogP contribution in [-0.4, -0.2) is 49.8 Å². The maximum absolute atomic E-state index is 13.3. The van der Waals surface area contributed by atoms with Crippen molar-refractivity contribution in [1.82, 2.24) is 10.2 Å². The second-order valence-corrected chi connectivity index (χ2v) is 7.46. The van der Waals surface area contributed by atoms with Crippen LogP contribution in [0.2, 0.25) is 5.02 Å². The fraction of sp³-hybridized carbons (Fsp3) is 0.381. The van der Waals surface area contributed by atoms with Gasteiger partial charge in [-0.05, 0) is 41.5 Å². The van der Waals surface area contributed by atoms with E-state index in [1.54, 1.807) is 24.3 Å². The smallest absolute Gasteiger partial charge is 0.261 e. The monoisotopic (exact) mass is 404 g/mol. The van der Waals surface area contributed by atoms with Crippen molar-refractivity contribution in [2.45, 2.75) is 18.6 Å². The third-order valence-electron chi connectivity index (χ3n) is 5.20. The van der Waals surface area contributed by atoms with E-state index in [1.807, 2.05) is 6.07 Å². The molecule has 0 unspecified atom stereocenters. The highest BCUT2D eigenvalue weighted by Crippen LogP contribution is 2.31. The number of morpholine rings is 1. The number of fused-ring (bicyclic) bond motifs is 1. The van der Waals surface area contributed by atoms with Gasteiger partial charge in [0.25, 0.3) is 5.91 Å². The molecule has 1 amide bonds. The van der Waals surface area contributed by atoms with E-state index < -0.39 is 6.10 Å². The minimum atomic E-state index is -0.563. The van der Waals surface area contributed by atoms with Crippen molar-refractivity contribution in [2.24, 2.45) is 0 Å². The van der Waals surface area contributed by atoms with Crippen LogP contribution in [0.1, 0.15) is 17.2 Å². The molecule has 0 radical (unpaired) electrons. The van der Waals surface area contributed by atoms with Gasteiger partial charge in [0, 0.05) is 31.1 Å². The van der Waals surface area contributed by atoms with E-state index in [1.165, 1.54) is 12.1 Å². The summed E-state index contributed by atoms with van der Waals surface area (Å²) in [5.41, 5.74) is 1.90. The van der Waals surface area contributed by atoms with Crippen LogP contribution >= 0.6 is 11.6 Å². The van der Waals surface area contributed by atoms with Crippen LogP contribution in [0, 0.1) is 5.82 Å². The van der Waals surface area contributed by atoms with Gasteiger partial charge in [-0.2, -0.15) is 0 Å². The molecule has 2 aromatic carbocycles. The van der Waals surface area contributed by atoms with Crippen LogP contribution in [0.3, 0.4) is 0 Å². The highest BCUT2D eigenvalue weighted by molar-refractivity contribution is 6.30. The molecule has 0 bridgehead atoms. The SMILES string of the molecule is O=C(NC[C@H](c1ccc(F)cc1)N1CCOCC1)[C@@H]1Cc2cc(Cl)ccc2O1. The van der Waals surface area contributed by atoms with Crippen molar-refractivity contribution in [3.8, 4) is 5.75 Å². The van der Waals surface area contributed by atoms with E-state index in [9.17, 15) is 9.18 Å². The molecule has 28 heavy (non-hydrogen) atoms. The fourth-order valence-corrected chi connectivity index (χ4v) is 3.90. The standard InChI is InChI=1S/C21H22ClFN2O3/c22-16-3-6-19-15(11-16)12-20(28-19)21(26)24-13-18(25-7-9-27-10-8-25)14-1-4-17(23)5-2-14/h1-6,11,18,20H,7-10,12-13H2,(H,24,26)/t18-,20+/m1/s1. The molecule has 0 saturated carbocycles. The van der Waals surface area contributed by atoms with Crippen LogP contribution < -0.4 is 10.1 Å². The van der Waals surface area contributed by atoms with Crippen LogP contribution in [0.25, 0.3) is 0 Å². The summed E-state index contributed by atoms with van der Waals surface area (Å²) in [7, 11) is 0. The first-order valence-electron chi connectivity index (χ1n) is 9.40. The van der Waals surface area contributed by atoms with Crippen molar-refractivity contribution in [3.05, 3.63) is 64.4 Å². The third kappa shape index (κ3) is 4.29. The molecule has 2 atom stereocenters. The second-order valence-electron chi connectivity index (χ2n) is 7.02. The average molecular weight is 405 g/mol. The first-order chi connectivity index (χ1) is 13.6. The van der Waals surface area contributed by atoms with Gasteiger partial charge in [0.1, 0.15) is 11.6 Å². The molecule has 2 aromatic rings. The molecule has 2 aliphatic rings. The Morgan fingerprint density at radius 3 is 2.71 bits per heavy atom. The van der Waals surface area contributed by atoms with Gasteiger partial charge < -0.3 is 14.8 Å². The van der Waals surface area contributed by atoms with Gasteiger partial charge in [0.15, 0.2) is 6.10 Å². The quantitative estimate of drug-likeness (QED) is 0.832. The largest absolute Gasteiger partial charge is 0.480 e. The summed E-state index contributed by atoms with van der Waals surface area (Å²) in [6.45, 7) is 3.24. The normalized spacial score (nSPS) is 20.3. The fourth-order valence-electron chi connectivity index (χ4n) is 3.71. The lowest BCUT2D eigenvalue weighted by molar-refractivity contribution is -0.127. The second kappa shape index (κ2) is 8.47. The molecule has 0 spiro atoms. The van der Waals surface area contributed by atoms with Crippen molar-refractivity contribution in [1.29, 1.82) is 0 Å². The van der Waals surface area contributed by atoms with E-state index in [4.69, 9.17) is 21.1 Å². The summed E-state index contributed by atoms with van der Waals surface area (Å²) in [5, 5.41) is 3.64. The Kier molecular flexibility index (Phi) is 5.80. The molecule has 148 valence electrons. The zero-order valence-electron chi connectivity index (χ0n) is 15.4. The topological polar surface area (TPSA) is 50.8 Å². The van der Waals surface area contributed by atoms with Gasteiger partial charge >= 0.3 is 0 Å². The van der Waals surface area contributed by atoms with E-state index in [0.29, 0.717) is 37.0 Å². The molecular weight excluding hydrogens is 383 g/mol. The molecule has 1 saturated heterocycles. The lowest BCUT2D eigenvalue weighted by Gasteiger charge is -2.35. The molecule has 4 rings (SSSR count). The Bertz CT molecular complexity index is 840. The average Bonchev–Trinajstić information content (AvgIpc) is 3.13. The van der Waals surface area contributed by atoms with E-state index in [2.05, 4.69) is 10.2 Å². The highest BCUT2D eigenvalue weighted by atomic mass is 35.5. The number of amides is 1. The summed E-state index contributed by atoms with van der Waals surface area (Å²) in [6.07, 6.45) is -0.0624. The van der Waals surface area contributed by atoms with Crippen molar-refractivity contribution in [2.75, 3.05) is 32.8 Å². The predicted molar refractivity (Wildman–Crippen MR) is 104 cm³/mol. The maximum Gasteiger partial charge on any atom is 0.261 e. The number of hydrogen-bond acceptors (Lipinski definition) is 4. The number of nitrogens with one attached hydrogen (secondary N) is 1. The number of nitrogens with zero attached hydrogens (tertiary/aromatic N) is 1. The predicted octanol–water partition coefficient (Wildman–Crippen LogP) is 2.97. The summed E-state index contributed by atoms with van der Waals surface area (Å²) < 4.78 is 24.5. The molecule has 2 heterocycles. The number of benzene rings is 2. The van der Waals surface area contributed by atoms with Gasteiger partial charge in [0.2, 0.25) is 0 Å². The molecule has 1 N–H and O–H groups in total. The Morgan fingerprint density at radius 2 is 1.96 bits per heavy atom. The highest BCUT2D eigenvalue weighted by Gasteiger charge is 2.30. The maximum atomic E-state index is 13.3.